The minimum Gasteiger partial charge on any atom is -0.441 e. The summed E-state index contributed by atoms with van der Waals surface area (Å²) in [6.07, 6.45) is 2.93. The van der Waals surface area contributed by atoms with E-state index in [2.05, 4.69) is 29.0 Å². The summed E-state index contributed by atoms with van der Waals surface area (Å²) in [4.78, 5) is 19.5. The number of likely N-dealkylation sites (tertiary alicyclic amines) is 1. The van der Waals surface area contributed by atoms with Gasteiger partial charge in [0.15, 0.2) is 0 Å². The number of piperidine rings is 1. The van der Waals surface area contributed by atoms with E-state index in [9.17, 15) is 4.79 Å². The van der Waals surface area contributed by atoms with Crippen LogP contribution in [0, 0.1) is 12.8 Å². The molecule has 2 atom stereocenters. The van der Waals surface area contributed by atoms with Crippen LogP contribution in [0.2, 0.25) is 5.02 Å². The lowest BCUT2D eigenvalue weighted by Gasteiger charge is -2.32. The summed E-state index contributed by atoms with van der Waals surface area (Å²) in [7, 11) is 0. The van der Waals surface area contributed by atoms with Crippen LogP contribution in [0.5, 0.6) is 0 Å². The molecule has 3 rings (SSSR count). The second-order valence-corrected chi connectivity index (χ2v) is 7.86. The summed E-state index contributed by atoms with van der Waals surface area (Å²) in [5, 5.41) is 3.81. The molecular weight excluding hydrogens is 362 g/mol. The van der Waals surface area contributed by atoms with Crippen molar-refractivity contribution in [2.45, 2.75) is 52.6 Å². The first-order chi connectivity index (χ1) is 13.0. The number of amides is 1. The number of hydrogen-bond acceptors (Lipinski definition) is 4. The van der Waals surface area contributed by atoms with Crippen molar-refractivity contribution in [1.82, 2.24) is 15.2 Å². The van der Waals surface area contributed by atoms with E-state index in [1.807, 2.05) is 31.2 Å². The SMILES string of the molecule is CCC(C)NC(=O)C1CCCN(Cc2nc(-c3ccc(Cl)cc3)oc2C)C1. The molecule has 0 bridgehead atoms. The normalized spacial score (nSPS) is 19.0. The molecule has 1 fully saturated rings. The van der Waals surface area contributed by atoms with Gasteiger partial charge in [-0.05, 0) is 63.9 Å². The third-order valence-corrected chi connectivity index (χ3v) is 5.49. The first kappa shape index (κ1) is 19.9. The number of nitrogens with one attached hydrogen (secondary N) is 1. The molecule has 1 amide bonds. The highest BCUT2D eigenvalue weighted by molar-refractivity contribution is 6.30. The van der Waals surface area contributed by atoms with Gasteiger partial charge in [-0.25, -0.2) is 4.98 Å². The molecule has 6 heteroatoms. The molecule has 5 nitrogen and oxygen atoms in total. The van der Waals surface area contributed by atoms with Gasteiger partial charge in [0.2, 0.25) is 11.8 Å². The van der Waals surface area contributed by atoms with E-state index in [4.69, 9.17) is 16.0 Å². The van der Waals surface area contributed by atoms with Gasteiger partial charge in [0.05, 0.1) is 11.6 Å². The molecule has 146 valence electrons. The summed E-state index contributed by atoms with van der Waals surface area (Å²) in [6, 6.07) is 7.72. The molecule has 1 aromatic carbocycles. The molecule has 2 heterocycles. The number of nitrogens with zero attached hydrogens (tertiary/aromatic N) is 2. The van der Waals surface area contributed by atoms with Gasteiger partial charge in [-0.15, -0.1) is 0 Å². The first-order valence-corrected chi connectivity index (χ1v) is 10.1. The maximum atomic E-state index is 12.5. The van der Waals surface area contributed by atoms with Crippen molar-refractivity contribution in [2.24, 2.45) is 5.92 Å². The number of hydrogen-bond donors (Lipinski definition) is 1. The zero-order valence-electron chi connectivity index (χ0n) is 16.3. The van der Waals surface area contributed by atoms with Crippen LogP contribution in [0.4, 0.5) is 0 Å². The fraction of sp³-hybridized carbons (Fsp3) is 0.524. The van der Waals surface area contributed by atoms with Gasteiger partial charge < -0.3 is 9.73 Å². The Bertz CT molecular complexity index is 772. The molecule has 1 aromatic heterocycles. The van der Waals surface area contributed by atoms with E-state index in [1.165, 1.54) is 0 Å². The van der Waals surface area contributed by atoms with E-state index in [0.717, 1.165) is 49.4 Å². The van der Waals surface area contributed by atoms with Crippen molar-refractivity contribution in [3.05, 3.63) is 40.7 Å². The molecule has 0 spiro atoms. The standard InChI is InChI=1S/C21H28ClN3O2/c1-4-14(2)23-20(26)17-6-5-11-25(12-17)13-19-15(3)27-21(24-19)16-7-9-18(22)10-8-16/h7-10,14,17H,4-6,11-13H2,1-3H3,(H,23,26). The van der Waals surface area contributed by atoms with Crippen molar-refractivity contribution in [2.75, 3.05) is 13.1 Å². The minimum atomic E-state index is 0.0516. The predicted octanol–water partition coefficient (Wildman–Crippen LogP) is 4.43. The fourth-order valence-electron chi connectivity index (χ4n) is 3.38. The molecule has 1 aliphatic rings. The summed E-state index contributed by atoms with van der Waals surface area (Å²) in [5.41, 5.74) is 1.85. The van der Waals surface area contributed by atoms with Crippen LogP contribution < -0.4 is 5.32 Å². The van der Waals surface area contributed by atoms with Gasteiger partial charge in [0.1, 0.15) is 5.76 Å². The number of aryl methyl sites for hydroxylation is 1. The highest BCUT2D eigenvalue weighted by Crippen LogP contribution is 2.25. The van der Waals surface area contributed by atoms with Crippen molar-refractivity contribution in [3.63, 3.8) is 0 Å². The second kappa shape index (κ2) is 8.89. The Morgan fingerprint density at radius 3 is 2.85 bits per heavy atom. The van der Waals surface area contributed by atoms with E-state index >= 15 is 0 Å². The average molecular weight is 390 g/mol. The van der Waals surface area contributed by atoms with Crippen LogP contribution in [0.25, 0.3) is 11.5 Å². The van der Waals surface area contributed by atoms with Crippen molar-refractivity contribution in [3.8, 4) is 11.5 Å². The van der Waals surface area contributed by atoms with Gasteiger partial charge in [-0.3, -0.25) is 9.69 Å². The maximum Gasteiger partial charge on any atom is 0.226 e. The second-order valence-electron chi connectivity index (χ2n) is 7.42. The topological polar surface area (TPSA) is 58.4 Å². The smallest absolute Gasteiger partial charge is 0.226 e. The Hall–Kier alpha value is -1.85. The number of benzene rings is 1. The number of oxazole rings is 1. The highest BCUT2D eigenvalue weighted by atomic mass is 35.5. The summed E-state index contributed by atoms with van der Waals surface area (Å²) in [6.45, 7) is 8.54. The average Bonchev–Trinajstić information content (AvgIpc) is 3.02. The number of carbonyl (C=O) groups is 1. The molecule has 0 aliphatic carbocycles. The minimum absolute atomic E-state index is 0.0516. The lowest BCUT2D eigenvalue weighted by Crippen LogP contribution is -2.45. The Balaban J connectivity index is 1.64. The van der Waals surface area contributed by atoms with Gasteiger partial charge in [-0.2, -0.15) is 0 Å². The quantitative estimate of drug-likeness (QED) is 0.793. The van der Waals surface area contributed by atoms with E-state index in [-0.39, 0.29) is 17.9 Å². The van der Waals surface area contributed by atoms with Crippen LogP contribution >= 0.6 is 11.6 Å². The van der Waals surface area contributed by atoms with E-state index < -0.39 is 0 Å². The summed E-state index contributed by atoms with van der Waals surface area (Å²) >= 11 is 5.95. The first-order valence-electron chi connectivity index (χ1n) is 9.71. The molecule has 2 aromatic rings. The number of carbonyl (C=O) groups excluding carboxylic acids is 1. The maximum absolute atomic E-state index is 12.5. The summed E-state index contributed by atoms with van der Waals surface area (Å²) < 4.78 is 5.86. The Kier molecular flexibility index (Phi) is 6.55. The van der Waals surface area contributed by atoms with Crippen LogP contribution in [0.15, 0.2) is 28.7 Å². The third kappa shape index (κ3) is 5.11. The van der Waals surface area contributed by atoms with E-state index in [0.29, 0.717) is 17.5 Å². The Morgan fingerprint density at radius 1 is 1.41 bits per heavy atom. The van der Waals surface area contributed by atoms with Gasteiger partial charge in [0.25, 0.3) is 0 Å². The van der Waals surface area contributed by atoms with Crippen molar-refractivity contribution >= 4 is 17.5 Å². The molecular formula is C21H28ClN3O2. The lowest BCUT2D eigenvalue weighted by molar-refractivity contribution is -0.127. The predicted molar refractivity (Wildman–Crippen MR) is 108 cm³/mol. The van der Waals surface area contributed by atoms with Crippen molar-refractivity contribution in [1.29, 1.82) is 0 Å². The number of aromatic nitrogens is 1. The fourth-order valence-corrected chi connectivity index (χ4v) is 3.50. The Labute approximate surface area is 166 Å². The van der Waals surface area contributed by atoms with E-state index in [1.54, 1.807) is 0 Å². The molecule has 1 aliphatic heterocycles. The van der Waals surface area contributed by atoms with Crippen molar-refractivity contribution < 1.29 is 9.21 Å². The molecule has 1 N–H and O–H groups in total. The largest absolute Gasteiger partial charge is 0.441 e. The van der Waals surface area contributed by atoms with Gasteiger partial charge in [-0.1, -0.05) is 18.5 Å². The molecule has 0 saturated carbocycles. The van der Waals surface area contributed by atoms with Crippen LogP contribution in [0.3, 0.4) is 0 Å². The lowest BCUT2D eigenvalue weighted by atomic mass is 9.96. The third-order valence-electron chi connectivity index (χ3n) is 5.23. The van der Waals surface area contributed by atoms with Crippen LogP contribution in [-0.2, 0) is 11.3 Å². The monoisotopic (exact) mass is 389 g/mol. The highest BCUT2D eigenvalue weighted by Gasteiger charge is 2.27. The molecule has 2 unspecified atom stereocenters. The number of halogens is 1. The van der Waals surface area contributed by atoms with Crippen LogP contribution in [-0.4, -0.2) is 34.9 Å². The van der Waals surface area contributed by atoms with Crippen LogP contribution in [0.1, 0.15) is 44.6 Å². The zero-order chi connectivity index (χ0) is 19.4. The van der Waals surface area contributed by atoms with Gasteiger partial charge >= 0.3 is 0 Å². The molecule has 27 heavy (non-hydrogen) atoms. The molecule has 1 saturated heterocycles. The van der Waals surface area contributed by atoms with Gasteiger partial charge in [0, 0.05) is 29.7 Å². The summed E-state index contributed by atoms with van der Waals surface area (Å²) in [5.74, 6) is 1.66. The zero-order valence-corrected chi connectivity index (χ0v) is 17.1. The Morgan fingerprint density at radius 2 is 2.15 bits per heavy atom. The number of rotatable bonds is 6. The molecule has 0 radical (unpaired) electrons.